The van der Waals surface area contributed by atoms with Gasteiger partial charge in [-0.2, -0.15) is 0 Å². The highest BCUT2D eigenvalue weighted by molar-refractivity contribution is 9.10. The van der Waals surface area contributed by atoms with Gasteiger partial charge in [-0.15, -0.1) is 0 Å². The van der Waals surface area contributed by atoms with Gasteiger partial charge in [-0.1, -0.05) is 47.5 Å². The minimum absolute atomic E-state index is 0.136. The quantitative estimate of drug-likeness (QED) is 0.865. The van der Waals surface area contributed by atoms with Gasteiger partial charge in [0.05, 0.1) is 11.1 Å². The maximum Gasteiger partial charge on any atom is 0.0871 e. The first-order valence-electron chi connectivity index (χ1n) is 6.42. The van der Waals surface area contributed by atoms with Crippen LogP contribution in [0.2, 0.25) is 5.02 Å². The average molecular weight is 355 g/mol. The fourth-order valence-corrected chi connectivity index (χ4v) is 2.79. The number of hydrogen-bond donors (Lipinski definition) is 2. The van der Waals surface area contributed by atoms with E-state index < -0.39 is 6.10 Å². The fraction of sp³-hybridized carbons (Fsp3) is 0.250. The van der Waals surface area contributed by atoms with Crippen molar-refractivity contribution in [3.05, 3.63) is 68.7 Å². The number of nitrogens with two attached hydrogens (primary N) is 1. The van der Waals surface area contributed by atoms with Gasteiger partial charge in [0, 0.05) is 16.9 Å². The van der Waals surface area contributed by atoms with Crippen molar-refractivity contribution in [3.63, 3.8) is 0 Å². The van der Waals surface area contributed by atoms with Crippen molar-refractivity contribution in [1.82, 2.24) is 0 Å². The molecule has 0 amide bonds. The molecule has 0 heterocycles. The number of aryl methyl sites for hydroxylation is 1. The molecular formula is C16H17BrClNO. The van der Waals surface area contributed by atoms with Crippen LogP contribution in [0.15, 0.2) is 46.9 Å². The minimum atomic E-state index is -0.657. The largest absolute Gasteiger partial charge is 0.388 e. The Morgan fingerprint density at radius 2 is 1.95 bits per heavy atom. The Kier molecular flexibility index (Phi) is 5.22. The van der Waals surface area contributed by atoms with Crippen LogP contribution >= 0.6 is 27.5 Å². The fourth-order valence-electron chi connectivity index (χ4n) is 2.28. The highest BCUT2D eigenvalue weighted by Crippen LogP contribution is 2.33. The Bertz CT molecular complexity index is 603. The Morgan fingerprint density at radius 3 is 2.55 bits per heavy atom. The topological polar surface area (TPSA) is 46.2 Å². The SMILES string of the molecule is Cc1cccc(C(CN)C(O)c2ccc(Cl)c(Br)c2)c1. The van der Waals surface area contributed by atoms with Crippen LogP contribution in [0.5, 0.6) is 0 Å². The van der Waals surface area contributed by atoms with E-state index in [4.69, 9.17) is 17.3 Å². The van der Waals surface area contributed by atoms with E-state index in [1.54, 1.807) is 6.07 Å². The van der Waals surface area contributed by atoms with E-state index in [1.807, 2.05) is 37.3 Å². The summed E-state index contributed by atoms with van der Waals surface area (Å²) in [4.78, 5) is 0. The molecule has 4 heteroatoms. The Labute approximate surface area is 132 Å². The molecule has 2 aromatic rings. The van der Waals surface area contributed by atoms with Crippen LogP contribution in [0.4, 0.5) is 0 Å². The van der Waals surface area contributed by atoms with Crippen LogP contribution in [-0.2, 0) is 0 Å². The summed E-state index contributed by atoms with van der Waals surface area (Å²) in [5.41, 5.74) is 8.87. The molecule has 2 rings (SSSR count). The number of aliphatic hydroxyl groups excluding tert-OH is 1. The van der Waals surface area contributed by atoms with E-state index in [-0.39, 0.29) is 5.92 Å². The molecule has 0 aromatic heterocycles. The van der Waals surface area contributed by atoms with Gasteiger partial charge < -0.3 is 10.8 Å². The molecule has 3 N–H and O–H groups in total. The van der Waals surface area contributed by atoms with Gasteiger partial charge in [0.1, 0.15) is 0 Å². The number of halogens is 2. The smallest absolute Gasteiger partial charge is 0.0871 e. The summed E-state index contributed by atoms with van der Waals surface area (Å²) in [6.45, 7) is 2.41. The van der Waals surface area contributed by atoms with Crippen molar-refractivity contribution >= 4 is 27.5 Å². The molecular weight excluding hydrogens is 338 g/mol. The zero-order valence-corrected chi connectivity index (χ0v) is 13.5. The van der Waals surface area contributed by atoms with Gasteiger partial charge in [0.25, 0.3) is 0 Å². The standard InChI is InChI=1S/C16H17BrClNO/c1-10-3-2-4-11(7-10)13(9-19)16(20)12-5-6-15(18)14(17)8-12/h2-8,13,16,20H,9,19H2,1H3. The van der Waals surface area contributed by atoms with E-state index in [2.05, 4.69) is 22.0 Å². The zero-order valence-electron chi connectivity index (χ0n) is 11.2. The third-order valence-corrected chi connectivity index (χ3v) is 4.60. The van der Waals surface area contributed by atoms with E-state index in [0.29, 0.717) is 11.6 Å². The summed E-state index contributed by atoms with van der Waals surface area (Å²) in [5.74, 6) is -0.136. The molecule has 0 aliphatic carbocycles. The van der Waals surface area contributed by atoms with Gasteiger partial charge >= 0.3 is 0 Å². The molecule has 2 aromatic carbocycles. The first kappa shape index (κ1) is 15.5. The lowest BCUT2D eigenvalue weighted by atomic mass is 9.88. The van der Waals surface area contributed by atoms with Crippen molar-refractivity contribution in [2.45, 2.75) is 18.9 Å². The predicted molar refractivity (Wildman–Crippen MR) is 87.1 cm³/mol. The number of benzene rings is 2. The molecule has 0 aliphatic heterocycles. The maximum atomic E-state index is 10.6. The summed E-state index contributed by atoms with van der Waals surface area (Å²) in [6, 6.07) is 13.5. The highest BCUT2D eigenvalue weighted by atomic mass is 79.9. The normalized spacial score (nSPS) is 14.1. The molecule has 0 fully saturated rings. The van der Waals surface area contributed by atoms with Gasteiger partial charge in [-0.3, -0.25) is 0 Å². The third-order valence-electron chi connectivity index (χ3n) is 3.39. The number of aliphatic hydroxyl groups is 1. The summed E-state index contributed by atoms with van der Waals surface area (Å²) in [7, 11) is 0. The van der Waals surface area contributed by atoms with Crippen molar-refractivity contribution in [2.75, 3.05) is 6.54 Å². The van der Waals surface area contributed by atoms with E-state index in [1.165, 1.54) is 0 Å². The average Bonchev–Trinajstić information content (AvgIpc) is 2.42. The lowest BCUT2D eigenvalue weighted by Gasteiger charge is -2.23. The molecule has 0 radical (unpaired) electrons. The van der Waals surface area contributed by atoms with Crippen molar-refractivity contribution in [1.29, 1.82) is 0 Å². The summed E-state index contributed by atoms with van der Waals surface area (Å²) >= 11 is 9.36. The lowest BCUT2D eigenvalue weighted by Crippen LogP contribution is -2.20. The minimum Gasteiger partial charge on any atom is -0.388 e. The van der Waals surface area contributed by atoms with Gasteiger partial charge in [-0.05, 0) is 46.1 Å². The summed E-state index contributed by atoms with van der Waals surface area (Å²) in [5, 5.41) is 11.2. The van der Waals surface area contributed by atoms with Gasteiger partial charge in [0.15, 0.2) is 0 Å². The monoisotopic (exact) mass is 353 g/mol. The van der Waals surface area contributed by atoms with Crippen LogP contribution in [0.1, 0.15) is 28.7 Å². The molecule has 0 aliphatic rings. The van der Waals surface area contributed by atoms with Crippen LogP contribution in [0.3, 0.4) is 0 Å². The highest BCUT2D eigenvalue weighted by Gasteiger charge is 2.22. The first-order valence-corrected chi connectivity index (χ1v) is 7.59. The molecule has 0 saturated heterocycles. The second kappa shape index (κ2) is 6.72. The molecule has 0 spiro atoms. The zero-order chi connectivity index (χ0) is 14.7. The molecule has 2 atom stereocenters. The van der Waals surface area contributed by atoms with E-state index in [9.17, 15) is 5.11 Å². The Hall–Kier alpha value is -0.870. The van der Waals surface area contributed by atoms with Gasteiger partial charge in [-0.25, -0.2) is 0 Å². The number of hydrogen-bond acceptors (Lipinski definition) is 2. The predicted octanol–water partition coefficient (Wildman–Crippen LogP) is 4.19. The van der Waals surface area contributed by atoms with Crippen LogP contribution < -0.4 is 5.73 Å². The molecule has 0 bridgehead atoms. The molecule has 2 nitrogen and oxygen atoms in total. The Balaban J connectivity index is 2.33. The third kappa shape index (κ3) is 3.41. The lowest BCUT2D eigenvalue weighted by molar-refractivity contribution is 0.147. The second-order valence-corrected chi connectivity index (χ2v) is 6.14. The van der Waals surface area contributed by atoms with Crippen LogP contribution in [0, 0.1) is 6.92 Å². The first-order chi connectivity index (χ1) is 9.52. The maximum absolute atomic E-state index is 10.6. The van der Waals surface area contributed by atoms with Gasteiger partial charge in [0.2, 0.25) is 0 Å². The van der Waals surface area contributed by atoms with Crippen LogP contribution in [0.25, 0.3) is 0 Å². The molecule has 0 saturated carbocycles. The summed E-state index contributed by atoms with van der Waals surface area (Å²) < 4.78 is 0.774. The summed E-state index contributed by atoms with van der Waals surface area (Å²) in [6.07, 6.45) is -0.657. The van der Waals surface area contributed by atoms with E-state index in [0.717, 1.165) is 21.2 Å². The van der Waals surface area contributed by atoms with Crippen LogP contribution in [-0.4, -0.2) is 11.7 Å². The molecule has 20 heavy (non-hydrogen) atoms. The van der Waals surface area contributed by atoms with Crippen molar-refractivity contribution in [2.24, 2.45) is 5.73 Å². The van der Waals surface area contributed by atoms with Crippen molar-refractivity contribution < 1.29 is 5.11 Å². The Morgan fingerprint density at radius 1 is 1.20 bits per heavy atom. The second-order valence-electron chi connectivity index (χ2n) is 4.87. The molecule has 106 valence electrons. The molecule has 2 unspecified atom stereocenters. The van der Waals surface area contributed by atoms with Crippen molar-refractivity contribution in [3.8, 4) is 0 Å². The van der Waals surface area contributed by atoms with E-state index >= 15 is 0 Å². The number of rotatable bonds is 4.